The van der Waals surface area contributed by atoms with Gasteiger partial charge in [0, 0.05) is 0 Å². The summed E-state index contributed by atoms with van der Waals surface area (Å²) in [5, 5.41) is 0. The van der Waals surface area contributed by atoms with Crippen molar-refractivity contribution < 1.29 is 4.79 Å². The molecule has 1 nitrogen and oxygen atoms in total. The molecule has 0 aromatic heterocycles. The molecule has 0 radical (unpaired) electrons. The minimum Gasteiger partial charge on any atom is -0.295 e. The third-order valence-corrected chi connectivity index (χ3v) is 2.21. The molecular formula is C10H16O. The van der Waals surface area contributed by atoms with E-state index in [9.17, 15) is 4.79 Å². The first-order chi connectivity index (χ1) is 5.18. The zero-order valence-corrected chi connectivity index (χ0v) is 7.39. The van der Waals surface area contributed by atoms with Crippen LogP contribution in [0.25, 0.3) is 0 Å². The number of ketones is 1. The van der Waals surface area contributed by atoms with Gasteiger partial charge >= 0.3 is 0 Å². The van der Waals surface area contributed by atoms with E-state index >= 15 is 0 Å². The molecule has 0 bridgehead atoms. The lowest BCUT2D eigenvalue weighted by atomic mass is 9.86. The second-order valence-electron chi connectivity index (χ2n) is 3.61. The van der Waals surface area contributed by atoms with Gasteiger partial charge < -0.3 is 0 Å². The molecule has 0 aromatic rings. The van der Waals surface area contributed by atoms with Crippen LogP contribution >= 0.6 is 0 Å². The number of hydrogen-bond donors (Lipinski definition) is 0. The zero-order chi connectivity index (χ0) is 8.27. The lowest BCUT2D eigenvalue weighted by Crippen LogP contribution is -2.05. The van der Waals surface area contributed by atoms with E-state index in [1.54, 1.807) is 6.92 Å². The van der Waals surface area contributed by atoms with Crippen LogP contribution in [-0.4, -0.2) is 5.78 Å². The second-order valence-corrected chi connectivity index (χ2v) is 3.61. The maximum absolute atomic E-state index is 10.7. The second kappa shape index (κ2) is 3.70. The van der Waals surface area contributed by atoms with Crippen molar-refractivity contribution in [1.82, 2.24) is 0 Å². The summed E-state index contributed by atoms with van der Waals surface area (Å²) in [6.07, 6.45) is 6.69. The van der Waals surface area contributed by atoms with Crippen molar-refractivity contribution in [3.05, 3.63) is 11.6 Å². The number of allylic oxidation sites excluding steroid dienone is 2. The molecule has 0 amide bonds. The van der Waals surface area contributed by atoms with Gasteiger partial charge in [-0.2, -0.15) is 0 Å². The molecule has 1 atom stereocenters. The molecule has 0 aromatic carbocycles. The van der Waals surface area contributed by atoms with Crippen molar-refractivity contribution in [1.29, 1.82) is 0 Å². The summed E-state index contributed by atoms with van der Waals surface area (Å²) < 4.78 is 0. The molecular weight excluding hydrogens is 136 g/mol. The smallest absolute Gasteiger partial charge is 0.152 e. The molecule has 1 aliphatic rings. The highest BCUT2D eigenvalue weighted by Crippen LogP contribution is 2.27. The average molecular weight is 152 g/mol. The Kier molecular flexibility index (Phi) is 2.86. The van der Waals surface area contributed by atoms with Gasteiger partial charge in [-0.15, -0.1) is 0 Å². The highest BCUT2D eigenvalue weighted by atomic mass is 16.1. The standard InChI is InChI=1S/C10H16O/c1-8-4-3-5-10(6-8)7-9(2)11/h7-8H,3-6H2,1-2H3. The van der Waals surface area contributed by atoms with Gasteiger partial charge in [0.2, 0.25) is 0 Å². The van der Waals surface area contributed by atoms with Gasteiger partial charge in [-0.25, -0.2) is 0 Å². The average Bonchev–Trinajstić information content (AvgIpc) is 1.85. The molecule has 1 unspecified atom stereocenters. The number of carbonyl (C=O) groups excluding carboxylic acids is 1. The highest BCUT2D eigenvalue weighted by molar-refractivity contribution is 5.87. The van der Waals surface area contributed by atoms with Crippen molar-refractivity contribution in [2.45, 2.75) is 39.5 Å². The Morgan fingerprint density at radius 1 is 1.64 bits per heavy atom. The normalized spacial score (nSPS) is 28.9. The van der Waals surface area contributed by atoms with Gasteiger partial charge in [0.15, 0.2) is 5.78 Å². The van der Waals surface area contributed by atoms with E-state index in [2.05, 4.69) is 6.92 Å². The fourth-order valence-electron chi connectivity index (χ4n) is 1.75. The van der Waals surface area contributed by atoms with E-state index in [0.717, 1.165) is 18.8 Å². The van der Waals surface area contributed by atoms with E-state index in [1.807, 2.05) is 6.08 Å². The topological polar surface area (TPSA) is 17.1 Å². The van der Waals surface area contributed by atoms with Crippen molar-refractivity contribution >= 4 is 5.78 Å². The molecule has 0 saturated heterocycles. The van der Waals surface area contributed by atoms with Crippen molar-refractivity contribution in [3.63, 3.8) is 0 Å². The molecule has 1 heteroatoms. The van der Waals surface area contributed by atoms with Crippen LogP contribution in [0.15, 0.2) is 11.6 Å². The van der Waals surface area contributed by atoms with Gasteiger partial charge in [-0.3, -0.25) is 4.79 Å². The van der Waals surface area contributed by atoms with Crippen LogP contribution in [0.2, 0.25) is 0 Å². The first kappa shape index (κ1) is 8.51. The van der Waals surface area contributed by atoms with Crippen LogP contribution in [0.5, 0.6) is 0 Å². The first-order valence-electron chi connectivity index (χ1n) is 4.38. The van der Waals surface area contributed by atoms with Crippen LogP contribution < -0.4 is 0 Å². The Hall–Kier alpha value is -0.590. The zero-order valence-electron chi connectivity index (χ0n) is 7.39. The predicted molar refractivity (Wildman–Crippen MR) is 46.4 cm³/mol. The Morgan fingerprint density at radius 3 is 2.91 bits per heavy atom. The monoisotopic (exact) mass is 152 g/mol. The summed E-state index contributed by atoms with van der Waals surface area (Å²) in [6, 6.07) is 0. The summed E-state index contributed by atoms with van der Waals surface area (Å²) in [4.78, 5) is 10.7. The van der Waals surface area contributed by atoms with Gasteiger partial charge in [0.05, 0.1) is 0 Å². The maximum Gasteiger partial charge on any atom is 0.152 e. The van der Waals surface area contributed by atoms with E-state index in [-0.39, 0.29) is 5.78 Å². The van der Waals surface area contributed by atoms with Crippen molar-refractivity contribution in [2.75, 3.05) is 0 Å². The van der Waals surface area contributed by atoms with Crippen LogP contribution in [0, 0.1) is 5.92 Å². The Labute approximate surface area is 68.5 Å². The molecule has 0 aliphatic heterocycles. The van der Waals surface area contributed by atoms with Crippen LogP contribution in [0.3, 0.4) is 0 Å². The minimum atomic E-state index is 0.203. The van der Waals surface area contributed by atoms with E-state index in [1.165, 1.54) is 18.4 Å². The number of carbonyl (C=O) groups is 1. The van der Waals surface area contributed by atoms with E-state index in [0.29, 0.717) is 0 Å². The largest absolute Gasteiger partial charge is 0.295 e. The lowest BCUT2D eigenvalue weighted by Gasteiger charge is -2.19. The molecule has 1 rings (SSSR count). The molecule has 1 saturated carbocycles. The molecule has 1 aliphatic carbocycles. The molecule has 0 spiro atoms. The van der Waals surface area contributed by atoms with Crippen LogP contribution in [-0.2, 0) is 4.79 Å². The molecule has 0 N–H and O–H groups in total. The fraction of sp³-hybridized carbons (Fsp3) is 0.700. The van der Waals surface area contributed by atoms with Crippen LogP contribution in [0.1, 0.15) is 39.5 Å². The van der Waals surface area contributed by atoms with Gasteiger partial charge in [0.25, 0.3) is 0 Å². The third kappa shape index (κ3) is 2.87. The number of rotatable bonds is 1. The van der Waals surface area contributed by atoms with Gasteiger partial charge in [-0.05, 0) is 38.2 Å². The summed E-state index contributed by atoms with van der Waals surface area (Å²) in [5.74, 6) is 0.989. The Morgan fingerprint density at radius 2 is 2.36 bits per heavy atom. The lowest BCUT2D eigenvalue weighted by molar-refractivity contribution is -0.112. The fourth-order valence-corrected chi connectivity index (χ4v) is 1.75. The van der Waals surface area contributed by atoms with E-state index < -0.39 is 0 Å². The molecule has 62 valence electrons. The highest BCUT2D eigenvalue weighted by Gasteiger charge is 2.12. The van der Waals surface area contributed by atoms with E-state index in [4.69, 9.17) is 0 Å². The van der Waals surface area contributed by atoms with Gasteiger partial charge in [0.1, 0.15) is 0 Å². The summed E-state index contributed by atoms with van der Waals surface area (Å²) in [6.45, 7) is 3.89. The molecule has 1 fully saturated rings. The molecule has 0 heterocycles. The summed E-state index contributed by atoms with van der Waals surface area (Å²) in [5.41, 5.74) is 1.36. The predicted octanol–water partition coefficient (Wildman–Crippen LogP) is 2.71. The summed E-state index contributed by atoms with van der Waals surface area (Å²) in [7, 11) is 0. The van der Waals surface area contributed by atoms with Crippen LogP contribution in [0.4, 0.5) is 0 Å². The first-order valence-corrected chi connectivity index (χ1v) is 4.38. The van der Waals surface area contributed by atoms with Crippen molar-refractivity contribution in [2.24, 2.45) is 5.92 Å². The molecule has 11 heavy (non-hydrogen) atoms. The summed E-state index contributed by atoms with van der Waals surface area (Å²) >= 11 is 0. The minimum absolute atomic E-state index is 0.203. The Bertz CT molecular complexity index is 179. The van der Waals surface area contributed by atoms with Gasteiger partial charge in [-0.1, -0.05) is 18.9 Å². The SMILES string of the molecule is CC(=O)C=C1CCCC(C)C1. The quantitative estimate of drug-likeness (QED) is 0.528. The third-order valence-electron chi connectivity index (χ3n) is 2.21. The number of hydrogen-bond acceptors (Lipinski definition) is 1. The van der Waals surface area contributed by atoms with Crippen molar-refractivity contribution in [3.8, 4) is 0 Å². The Balaban J connectivity index is 2.52. The maximum atomic E-state index is 10.7.